The average Bonchev–Trinajstić information content (AvgIpc) is 3.66. The molecule has 53 heavy (non-hydrogen) atoms. The van der Waals surface area contributed by atoms with Crippen LogP contribution in [-0.2, 0) is 54.4 Å². The Labute approximate surface area is 331 Å². The minimum absolute atomic E-state index is 0. The highest BCUT2D eigenvalue weighted by atomic mass is 35.5. The van der Waals surface area contributed by atoms with Crippen LogP contribution in [0.15, 0.2) is 47.4 Å². The number of benzene rings is 2. The number of carbonyl (C=O) groups is 1. The number of sulfonamides is 1. The molecule has 3 rings (SSSR count). The van der Waals surface area contributed by atoms with E-state index in [9.17, 15) is 13.2 Å². The first-order chi connectivity index (χ1) is 25.2. The highest BCUT2D eigenvalue weighted by Gasteiger charge is 2.27. The molecule has 302 valence electrons. The summed E-state index contributed by atoms with van der Waals surface area (Å²) in [6.45, 7) is 8.34. The fraction of sp³-hybridized carbons (Fsp3) is 0.639. The molecular weight excluding hydrogens is 773 g/mol. The fourth-order valence-electron chi connectivity index (χ4n) is 5.35. The van der Waals surface area contributed by atoms with Gasteiger partial charge in [0.25, 0.3) is 0 Å². The third kappa shape index (κ3) is 19.2. The second-order valence-corrected chi connectivity index (χ2v) is 14.7. The lowest BCUT2D eigenvalue weighted by atomic mass is 10.0. The smallest absolute Gasteiger partial charge is 0.240 e. The highest BCUT2D eigenvalue weighted by molar-refractivity contribution is 7.89. The number of hydrogen-bond acceptors (Lipinski definition) is 11. The summed E-state index contributed by atoms with van der Waals surface area (Å²) in [7, 11) is -0.429. The third-order valence-corrected chi connectivity index (χ3v) is 10.4. The minimum Gasteiger partial charge on any atom is -0.382 e. The summed E-state index contributed by atoms with van der Waals surface area (Å²) >= 11 is 12.2. The minimum atomic E-state index is -3.82. The van der Waals surface area contributed by atoms with Crippen LogP contribution in [0.25, 0.3) is 0 Å². The number of rotatable bonds is 29. The largest absolute Gasteiger partial charge is 0.382 e. The molecule has 1 aliphatic heterocycles. The second kappa shape index (κ2) is 27.9. The van der Waals surface area contributed by atoms with E-state index in [1.807, 2.05) is 6.07 Å². The quantitative estimate of drug-likeness (QED) is 0.118. The maximum Gasteiger partial charge on any atom is 0.240 e. The molecule has 0 radical (unpaired) electrons. The molecule has 1 N–H and O–H groups in total. The van der Waals surface area contributed by atoms with Gasteiger partial charge in [0.15, 0.2) is 0 Å². The number of likely N-dealkylation sites (N-methyl/N-ethyl adjacent to an activating group) is 1. The van der Waals surface area contributed by atoms with Crippen molar-refractivity contribution in [3.8, 4) is 0 Å². The van der Waals surface area contributed by atoms with E-state index in [-0.39, 0.29) is 48.8 Å². The van der Waals surface area contributed by atoms with Gasteiger partial charge in [-0.15, -0.1) is 12.4 Å². The normalized spacial score (nSPS) is 14.0. The van der Waals surface area contributed by atoms with E-state index in [1.54, 1.807) is 55.5 Å². The van der Waals surface area contributed by atoms with Gasteiger partial charge < -0.3 is 43.0 Å². The number of carbonyl (C=O) groups excluding carboxylic acids is 1. The van der Waals surface area contributed by atoms with Crippen molar-refractivity contribution in [2.45, 2.75) is 30.2 Å². The van der Waals surface area contributed by atoms with E-state index >= 15 is 0 Å². The number of ether oxygens (including phenoxy) is 7. The predicted molar refractivity (Wildman–Crippen MR) is 207 cm³/mol. The maximum absolute atomic E-state index is 13.4. The van der Waals surface area contributed by atoms with Gasteiger partial charge >= 0.3 is 0 Å². The summed E-state index contributed by atoms with van der Waals surface area (Å²) < 4.78 is 66.6. The van der Waals surface area contributed by atoms with Crippen molar-refractivity contribution in [1.29, 1.82) is 0 Å². The van der Waals surface area contributed by atoms with E-state index < -0.39 is 10.0 Å². The number of nitrogens with one attached hydrogen (secondary N) is 1. The van der Waals surface area contributed by atoms with Crippen LogP contribution in [-0.4, -0.2) is 150 Å². The molecule has 0 bridgehead atoms. The van der Waals surface area contributed by atoms with Crippen molar-refractivity contribution in [2.75, 3.05) is 126 Å². The van der Waals surface area contributed by atoms with E-state index in [0.29, 0.717) is 95.9 Å². The van der Waals surface area contributed by atoms with Crippen molar-refractivity contribution in [3.05, 3.63) is 63.6 Å². The lowest BCUT2D eigenvalue weighted by molar-refractivity contribution is -0.131. The second-order valence-electron chi connectivity index (χ2n) is 12.1. The van der Waals surface area contributed by atoms with Gasteiger partial charge in [0.2, 0.25) is 15.9 Å². The summed E-state index contributed by atoms with van der Waals surface area (Å²) in [6.07, 6.45) is 2.33. The van der Waals surface area contributed by atoms with Crippen LogP contribution in [0, 0.1) is 0 Å². The summed E-state index contributed by atoms with van der Waals surface area (Å²) in [6, 6.07) is 11.6. The molecule has 1 aliphatic rings. The molecule has 0 saturated carbocycles. The van der Waals surface area contributed by atoms with Crippen molar-refractivity contribution in [1.82, 2.24) is 14.5 Å². The van der Waals surface area contributed by atoms with Gasteiger partial charge in [-0.2, -0.15) is 0 Å². The number of nitrogens with zero attached hydrogens (tertiary/aromatic N) is 2. The summed E-state index contributed by atoms with van der Waals surface area (Å²) in [5.74, 6) is -0.109. The van der Waals surface area contributed by atoms with Gasteiger partial charge in [-0.1, -0.05) is 41.4 Å². The van der Waals surface area contributed by atoms with Crippen LogP contribution < -0.4 is 4.72 Å². The van der Waals surface area contributed by atoms with Gasteiger partial charge in [-0.3, -0.25) is 4.79 Å². The third-order valence-electron chi connectivity index (χ3n) is 8.21. The summed E-state index contributed by atoms with van der Waals surface area (Å²) in [4.78, 5) is 17.6. The first-order valence-electron chi connectivity index (χ1n) is 17.7. The van der Waals surface area contributed by atoms with Crippen LogP contribution >= 0.6 is 35.6 Å². The van der Waals surface area contributed by atoms with Gasteiger partial charge in [0.05, 0.1) is 113 Å². The van der Waals surface area contributed by atoms with Gasteiger partial charge in [0, 0.05) is 27.2 Å². The first-order valence-corrected chi connectivity index (χ1v) is 19.9. The average molecular weight is 829 g/mol. The van der Waals surface area contributed by atoms with Crippen molar-refractivity contribution in [3.63, 3.8) is 0 Å². The zero-order valence-electron chi connectivity index (χ0n) is 30.8. The van der Waals surface area contributed by atoms with Crippen LogP contribution in [0.1, 0.15) is 30.0 Å². The topological polar surface area (TPSA) is 134 Å². The highest BCUT2D eigenvalue weighted by Crippen LogP contribution is 2.27. The lowest BCUT2D eigenvalue weighted by Crippen LogP contribution is -2.39. The van der Waals surface area contributed by atoms with Gasteiger partial charge in [0.1, 0.15) is 0 Å². The Bertz CT molecular complexity index is 1410. The van der Waals surface area contributed by atoms with Crippen LogP contribution in [0.5, 0.6) is 0 Å². The Kier molecular flexibility index (Phi) is 25.0. The number of halogens is 3. The lowest BCUT2D eigenvalue weighted by Gasteiger charge is -2.32. The molecule has 1 heterocycles. The van der Waals surface area contributed by atoms with E-state index in [0.717, 1.165) is 37.1 Å². The van der Waals surface area contributed by atoms with Crippen LogP contribution in [0.3, 0.4) is 0 Å². The molecule has 1 fully saturated rings. The molecule has 1 unspecified atom stereocenters. The maximum atomic E-state index is 13.4. The Hall–Kier alpha value is -1.63. The first kappa shape index (κ1) is 47.5. The van der Waals surface area contributed by atoms with Crippen LogP contribution in [0.4, 0.5) is 0 Å². The number of hydrogen-bond donors (Lipinski definition) is 1. The van der Waals surface area contributed by atoms with E-state index in [4.69, 9.17) is 56.4 Å². The van der Waals surface area contributed by atoms with Crippen molar-refractivity contribution < 1.29 is 46.4 Å². The molecule has 1 amide bonds. The number of amides is 1. The monoisotopic (exact) mass is 827 g/mol. The molecule has 0 aliphatic carbocycles. The predicted octanol–water partition coefficient (Wildman–Crippen LogP) is 4.28. The number of likely N-dealkylation sites (tertiary alicyclic amines) is 1. The van der Waals surface area contributed by atoms with Gasteiger partial charge in [-0.05, 0) is 61.3 Å². The zero-order valence-corrected chi connectivity index (χ0v) is 34.0. The Balaban J connectivity index is 0.00000972. The Morgan fingerprint density at radius 3 is 1.83 bits per heavy atom. The molecule has 1 atom stereocenters. The Morgan fingerprint density at radius 1 is 0.774 bits per heavy atom. The molecular formula is C36H56Cl3N3O10S. The molecule has 17 heteroatoms. The fourth-order valence-corrected chi connectivity index (χ4v) is 6.74. The zero-order chi connectivity index (χ0) is 37.4. The molecule has 1 saturated heterocycles. The van der Waals surface area contributed by atoms with Crippen LogP contribution in [0.2, 0.25) is 10.0 Å². The van der Waals surface area contributed by atoms with E-state index in [1.165, 1.54) is 0 Å². The summed E-state index contributed by atoms with van der Waals surface area (Å²) in [5, 5.41) is 0.818. The SMILES string of the molecule is COCCOCCOCCOCCOCCOCCOCCNS(=O)(=O)c1cccc(C(CN2CCCC2)N(C)C(=O)Cc2ccc(Cl)c(Cl)c2)c1.Cl. The van der Waals surface area contributed by atoms with Gasteiger partial charge in [-0.25, -0.2) is 13.1 Å². The molecule has 2 aromatic rings. The van der Waals surface area contributed by atoms with E-state index in [2.05, 4.69) is 9.62 Å². The molecule has 0 spiro atoms. The summed E-state index contributed by atoms with van der Waals surface area (Å²) in [5.41, 5.74) is 1.49. The van der Waals surface area contributed by atoms with Crippen molar-refractivity contribution in [2.24, 2.45) is 0 Å². The molecule has 2 aromatic carbocycles. The standard InChI is InChI=1S/C36H55Cl2N3O10S.ClH/c1-40(36(42)27-30-8-9-33(37)34(38)26-30)35(29-41-11-3-4-12-41)31-6-5-7-32(28-31)52(43,44)39-10-13-46-16-17-48-20-21-50-24-25-51-23-22-49-19-18-47-15-14-45-2;/h5-9,26,28,35,39H,3-4,10-25,27,29H2,1-2H3;1H. The molecule has 0 aromatic heterocycles. The van der Waals surface area contributed by atoms with Crippen molar-refractivity contribution >= 4 is 51.5 Å². The Morgan fingerprint density at radius 2 is 1.30 bits per heavy atom. The molecule has 13 nitrogen and oxygen atoms in total. The number of methoxy groups -OCH3 is 1.